The number of aliphatic carboxylic acids is 1. The van der Waals surface area contributed by atoms with E-state index in [1.807, 2.05) is 43.3 Å². The van der Waals surface area contributed by atoms with Crippen molar-refractivity contribution in [3.05, 3.63) is 77.9 Å². The molecule has 0 unspecified atom stereocenters. The van der Waals surface area contributed by atoms with Gasteiger partial charge in [0, 0.05) is 6.08 Å². The monoisotopic (exact) mass is 383 g/mol. The van der Waals surface area contributed by atoms with Crippen molar-refractivity contribution < 1.29 is 24.6 Å². The average Bonchev–Trinajstić information content (AvgIpc) is 2.70. The molecular formula is C22H25NO5. The van der Waals surface area contributed by atoms with Gasteiger partial charge < -0.3 is 10.2 Å². The molecule has 6 heteroatoms. The summed E-state index contributed by atoms with van der Waals surface area (Å²) in [5, 5.41) is 18.8. The summed E-state index contributed by atoms with van der Waals surface area (Å²) in [6.07, 6.45) is 8.73. The minimum atomic E-state index is -1.18. The third-order valence-corrected chi connectivity index (χ3v) is 3.89. The highest BCUT2D eigenvalue weighted by Gasteiger charge is 2.16. The van der Waals surface area contributed by atoms with Gasteiger partial charge >= 0.3 is 5.97 Å². The summed E-state index contributed by atoms with van der Waals surface area (Å²) in [6, 6.07) is 9.44. The van der Waals surface area contributed by atoms with Gasteiger partial charge in [-0.1, -0.05) is 62.4 Å². The van der Waals surface area contributed by atoms with Crippen LogP contribution in [0, 0.1) is 0 Å². The molecule has 0 saturated heterocycles. The average molecular weight is 383 g/mol. The number of carbonyl (C=O) groups excluding carboxylic acids is 2. The third-order valence-electron chi connectivity index (χ3n) is 3.89. The summed E-state index contributed by atoms with van der Waals surface area (Å²) < 4.78 is 0. The molecule has 28 heavy (non-hydrogen) atoms. The van der Waals surface area contributed by atoms with Gasteiger partial charge in [0.15, 0.2) is 0 Å². The number of hydrogen-bond donors (Lipinski definition) is 2. The Balaban J connectivity index is 3.23. The molecule has 2 N–H and O–H groups in total. The first-order chi connectivity index (χ1) is 13.4. The Morgan fingerprint density at radius 2 is 1.75 bits per heavy atom. The molecule has 0 aliphatic heterocycles. The van der Waals surface area contributed by atoms with Crippen LogP contribution < -0.4 is 0 Å². The number of benzene rings is 1. The van der Waals surface area contributed by atoms with Crippen molar-refractivity contribution in [2.45, 2.75) is 26.2 Å². The highest BCUT2D eigenvalue weighted by Crippen LogP contribution is 2.18. The van der Waals surface area contributed by atoms with Crippen molar-refractivity contribution >= 4 is 23.9 Å². The number of unbranched alkanes of at least 4 members (excludes halogenated alkanes) is 1. The topological polar surface area (TPSA) is 94.9 Å². The molecule has 0 atom stereocenters. The van der Waals surface area contributed by atoms with Crippen LogP contribution in [0.1, 0.15) is 31.7 Å². The lowest BCUT2D eigenvalue weighted by molar-refractivity contribution is -0.142. The molecular weight excluding hydrogens is 358 g/mol. The summed E-state index contributed by atoms with van der Waals surface area (Å²) >= 11 is 0. The number of imide groups is 1. The second kappa shape index (κ2) is 12.2. The summed E-state index contributed by atoms with van der Waals surface area (Å²) in [4.78, 5) is 36.0. The first-order valence-electron chi connectivity index (χ1n) is 8.91. The molecule has 0 spiro atoms. The van der Waals surface area contributed by atoms with E-state index in [-0.39, 0.29) is 5.57 Å². The van der Waals surface area contributed by atoms with E-state index in [1.54, 1.807) is 6.08 Å². The zero-order valence-electron chi connectivity index (χ0n) is 15.9. The number of hydrogen-bond acceptors (Lipinski definition) is 4. The number of nitrogens with zero attached hydrogens (tertiary/aromatic N) is 1. The fourth-order valence-electron chi connectivity index (χ4n) is 2.35. The quantitative estimate of drug-likeness (QED) is 0.367. The number of amides is 2. The van der Waals surface area contributed by atoms with E-state index in [4.69, 9.17) is 0 Å². The number of aliphatic hydroxyl groups is 1. The molecule has 2 amide bonds. The van der Waals surface area contributed by atoms with Gasteiger partial charge in [-0.2, -0.15) is 0 Å². The molecule has 1 aromatic rings. The molecule has 1 rings (SSSR count). The molecule has 6 nitrogen and oxygen atoms in total. The number of carboxylic acid groups (broad SMARTS) is 1. The molecule has 1 aromatic carbocycles. The van der Waals surface area contributed by atoms with Gasteiger partial charge in [0.25, 0.3) is 11.8 Å². The van der Waals surface area contributed by atoms with E-state index in [2.05, 4.69) is 6.58 Å². The lowest BCUT2D eigenvalue weighted by Gasteiger charge is -2.13. The normalized spacial score (nSPS) is 12.1. The van der Waals surface area contributed by atoms with Gasteiger partial charge in [0.2, 0.25) is 0 Å². The van der Waals surface area contributed by atoms with Crippen LogP contribution in [0.2, 0.25) is 0 Å². The van der Waals surface area contributed by atoms with E-state index < -0.39 is 24.5 Å². The highest BCUT2D eigenvalue weighted by atomic mass is 16.4. The van der Waals surface area contributed by atoms with Gasteiger partial charge in [-0.3, -0.25) is 14.5 Å². The van der Waals surface area contributed by atoms with Crippen molar-refractivity contribution in [2.75, 3.05) is 6.73 Å². The van der Waals surface area contributed by atoms with Crippen LogP contribution in [-0.2, 0) is 14.4 Å². The molecule has 0 bridgehead atoms. The fraction of sp³-hybridized carbons (Fsp3) is 0.227. The van der Waals surface area contributed by atoms with Crippen LogP contribution in [0.25, 0.3) is 6.08 Å². The maximum atomic E-state index is 12.1. The van der Waals surface area contributed by atoms with E-state index in [1.165, 1.54) is 0 Å². The van der Waals surface area contributed by atoms with E-state index in [0.717, 1.165) is 36.6 Å². The predicted octanol–water partition coefficient (Wildman–Crippen LogP) is 3.32. The zero-order chi connectivity index (χ0) is 20.9. The number of carbonyl (C=O) groups is 3. The number of aliphatic hydroxyl groups excluding tert-OH is 1. The van der Waals surface area contributed by atoms with Gasteiger partial charge in [-0.05, 0) is 36.1 Å². The number of rotatable bonds is 10. The van der Waals surface area contributed by atoms with Crippen LogP contribution in [-0.4, -0.2) is 39.6 Å². The van der Waals surface area contributed by atoms with Crippen LogP contribution in [0.15, 0.2) is 72.4 Å². The Hall–Kier alpha value is -3.25. The van der Waals surface area contributed by atoms with Crippen LogP contribution in [0.3, 0.4) is 0 Å². The lowest BCUT2D eigenvalue weighted by Crippen LogP contribution is -2.35. The first-order valence-corrected chi connectivity index (χ1v) is 8.91. The van der Waals surface area contributed by atoms with Crippen molar-refractivity contribution in [3.63, 3.8) is 0 Å². The standard InChI is InChI=1S/C22H25NO5/c1-3-5-11-18(13-12-17-9-7-6-8-10-17)19(22(27)28)14-15-21(26)23(16-24)20(25)4-2/h4,6-10,12-15,24H,2-3,5,11,16H2,1H3,(H,27,28). The smallest absolute Gasteiger partial charge is 0.335 e. The lowest BCUT2D eigenvalue weighted by atomic mass is 10.00. The van der Waals surface area contributed by atoms with Gasteiger partial charge in [0.05, 0.1) is 5.57 Å². The minimum absolute atomic E-state index is 0.0436. The van der Waals surface area contributed by atoms with Crippen molar-refractivity contribution in [1.29, 1.82) is 0 Å². The Bertz CT molecular complexity index is 790. The molecule has 0 aromatic heterocycles. The third kappa shape index (κ3) is 7.17. The number of allylic oxidation sites excluding steroid dienone is 2. The molecule has 0 aliphatic carbocycles. The molecule has 0 radical (unpaired) electrons. The molecule has 148 valence electrons. The van der Waals surface area contributed by atoms with Crippen molar-refractivity contribution in [3.8, 4) is 0 Å². The summed E-state index contributed by atoms with van der Waals surface area (Å²) in [5.74, 6) is -2.78. The molecule has 0 aliphatic rings. The molecule has 0 fully saturated rings. The summed E-state index contributed by atoms with van der Waals surface area (Å²) in [5.41, 5.74) is 1.44. The Morgan fingerprint density at radius 3 is 2.29 bits per heavy atom. The maximum absolute atomic E-state index is 12.1. The van der Waals surface area contributed by atoms with Crippen LogP contribution in [0.5, 0.6) is 0 Å². The first kappa shape index (κ1) is 22.8. The highest BCUT2D eigenvalue weighted by molar-refractivity contribution is 6.05. The second-order valence-corrected chi connectivity index (χ2v) is 5.88. The summed E-state index contributed by atoms with van der Waals surface area (Å²) in [7, 11) is 0. The van der Waals surface area contributed by atoms with Gasteiger partial charge in [0.1, 0.15) is 6.73 Å². The van der Waals surface area contributed by atoms with E-state index in [0.29, 0.717) is 16.9 Å². The zero-order valence-corrected chi connectivity index (χ0v) is 15.9. The van der Waals surface area contributed by atoms with Gasteiger partial charge in [-0.25, -0.2) is 4.79 Å². The Kier molecular flexibility index (Phi) is 9.93. The SMILES string of the molecule is C=CC(=O)N(CO)C(=O)C=CC(C(=O)O)=C(C=Cc1ccccc1)CCCC. The maximum Gasteiger partial charge on any atom is 0.335 e. The van der Waals surface area contributed by atoms with Crippen LogP contribution >= 0.6 is 0 Å². The molecule has 0 heterocycles. The minimum Gasteiger partial charge on any atom is -0.478 e. The van der Waals surface area contributed by atoms with E-state index >= 15 is 0 Å². The fourth-order valence-corrected chi connectivity index (χ4v) is 2.35. The summed E-state index contributed by atoms with van der Waals surface area (Å²) in [6.45, 7) is 4.43. The Morgan fingerprint density at radius 1 is 1.07 bits per heavy atom. The molecule has 0 saturated carbocycles. The van der Waals surface area contributed by atoms with Gasteiger partial charge in [-0.15, -0.1) is 0 Å². The predicted molar refractivity (Wildman–Crippen MR) is 108 cm³/mol. The second-order valence-electron chi connectivity index (χ2n) is 5.88. The Labute approximate surface area is 164 Å². The van der Waals surface area contributed by atoms with Crippen molar-refractivity contribution in [1.82, 2.24) is 4.90 Å². The van der Waals surface area contributed by atoms with Crippen LogP contribution in [0.4, 0.5) is 0 Å². The largest absolute Gasteiger partial charge is 0.478 e. The van der Waals surface area contributed by atoms with E-state index in [9.17, 15) is 24.6 Å². The van der Waals surface area contributed by atoms with Crippen molar-refractivity contribution in [2.24, 2.45) is 0 Å². The number of carboxylic acids is 1.